The van der Waals surface area contributed by atoms with Crippen LogP contribution < -0.4 is 0 Å². The highest BCUT2D eigenvalue weighted by molar-refractivity contribution is 9.10. The molecule has 2 atom stereocenters. The fourth-order valence-corrected chi connectivity index (χ4v) is 3.18. The molecule has 1 amide bonds. The Kier molecular flexibility index (Phi) is 5.27. The van der Waals surface area contributed by atoms with Crippen LogP contribution in [0.15, 0.2) is 22.7 Å². The van der Waals surface area contributed by atoms with E-state index in [9.17, 15) is 14.7 Å². The average molecular weight is 375 g/mol. The molecule has 4 nitrogen and oxygen atoms in total. The van der Waals surface area contributed by atoms with E-state index in [1.807, 2.05) is 0 Å². The van der Waals surface area contributed by atoms with Gasteiger partial charge in [-0.2, -0.15) is 0 Å². The molecule has 0 radical (unpaired) electrons. The summed E-state index contributed by atoms with van der Waals surface area (Å²) in [6.45, 7) is 2.53. The molecular formula is C15H17BrClNO3. The summed E-state index contributed by atoms with van der Waals surface area (Å²) in [5.41, 5.74) is 0.451. The second kappa shape index (κ2) is 6.79. The standard InChI is InChI=1S/C15H17BrClNO3/c1-2-9-5-6-18(13(7-9)15(20)21)14(19)10-3-4-12(17)11(16)8-10/h3-4,8-9,13H,2,5-7H2,1H3,(H,20,21). The molecule has 0 aliphatic carbocycles. The Labute approximate surface area is 137 Å². The van der Waals surface area contributed by atoms with Crippen LogP contribution in [0.5, 0.6) is 0 Å². The van der Waals surface area contributed by atoms with Gasteiger partial charge in [-0.3, -0.25) is 4.79 Å². The summed E-state index contributed by atoms with van der Waals surface area (Å²) in [5, 5.41) is 9.91. The summed E-state index contributed by atoms with van der Waals surface area (Å²) in [5.74, 6) is -0.823. The van der Waals surface area contributed by atoms with Crippen LogP contribution >= 0.6 is 27.5 Å². The van der Waals surface area contributed by atoms with E-state index in [1.165, 1.54) is 4.90 Å². The van der Waals surface area contributed by atoms with E-state index in [4.69, 9.17) is 11.6 Å². The SMILES string of the molecule is CCC1CCN(C(=O)c2ccc(Cl)c(Br)c2)C(C(=O)O)C1. The molecule has 2 unspecified atom stereocenters. The van der Waals surface area contributed by atoms with Gasteiger partial charge in [0.1, 0.15) is 6.04 Å². The second-order valence-corrected chi connectivity index (χ2v) is 6.54. The number of aliphatic carboxylic acids is 1. The van der Waals surface area contributed by atoms with Crippen molar-refractivity contribution in [3.05, 3.63) is 33.3 Å². The van der Waals surface area contributed by atoms with Crippen molar-refractivity contribution in [2.75, 3.05) is 6.54 Å². The van der Waals surface area contributed by atoms with Crippen LogP contribution in [0.1, 0.15) is 36.5 Å². The number of piperidine rings is 1. The zero-order chi connectivity index (χ0) is 15.6. The number of amides is 1. The topological polar surface area (TPSA) is 57.6 Å². The van der Waals surface area contributed by atoms with Gasteiger partial charge in [0, 0.05) is 16.6 Å². The van der Waals surface area contributed by atoms with Gasteiger partial charge in [0.2, 0.25) is 0 Å². The molecule has 21 heavy (non-hydrogen) atoms. The molecule has 114 valence electrons. The van der Waals surface area contributed by atoms with Gasteiger partial charge < -0.3 is 10.0 Å². The molecule has 0 saturated carbocycles. The van der Waals surface area contributed by atoms with Crippen LogP contribution in [0.4, 0.5) is 0 Å². The molecule has 1 aliphatic heterocycles. The summed E-state index contributed by atoms with van der Waals surface area (Å²) in [4.78, 5) is 25.5. The third-order valence-electron chi connectivity index (χ3n) is 4.00. The number of carbonyl (C=O) groups excluding carboxylic acids is 1. The number of benzene rings is 1. The van der Waals surface area contributed by atoms with Crippen molar-refractivity contribution in [2.24, 2.45) is 5.92 Å². The predicted molar refractivity (Wildman–Crippen MR) is 84.6 cm³/mol. The van der Waals surface area contributed by atoms with Crippen molar-refractivity contribution in [3.8, 4) is 0 Å². The minimum atomic E-state index is -0.936. The number of rotatable bonds is 3. The first kappa shape index (κ1) is 16.3. The molecule has 1 fully saturated rings. The van der Waals surface area contributed by atoms with Crippen molar-refractivity contribution in [2.45, 2.75) is 32.2 Å². The molecule has 1 aromatic carbocycles. The highest BCUT2D eigenvalue weighted by Crippen LogP contribution is 2.29. The quantitative estimate of drug-likeness (QED) is 0.875. The smallest absolute Gasteiger partial charge is 0.326 e. The van der Waals surface area contributed by atoms with Crippen molar-refractivity contribution in [1.82, 2.24) is 4.90 Å². The molecule has 1 heterocycles. The number of hydrogen-bond donors (Lipinski definition) is 1. The zero-order valence-electron chi connectivity index (χ0n) is 11.7. The lowest BCUT2D eigenvalue weighted by Gasteiger charge is -2.37. The number of carbonyl (C=O) groups is 2. The first-order chi connectivity index (χ1) is 9.93. The Morgan fingerprint density at radius 1 is 1.48 bits per heavy atom. The number of nitrogens with zero attached hydrogens (tertiary/aromatic N) is 1. The van der Waals surface area contributed by atoms with Crippen molar-refractivity contribution in [1.29, 1.82) is 0 Å². The Bertz CT molecular complexity index is 564. The molecule has 1 aliphatic rings. The van der Waals surface area contributed by atoms with Crippen LogP contribution in [-0.4, -0.2) is 34.5 Å². The monoisotopic (exact) mass is 373 g/mol. The third kappa shape index (κ3) is 3.58. The zero-order valence-corrected chi connectivity index (χ0v) is 14.0. The molecule has 1 saturated heterocycles. The van der Waals surface area contributed by atoms with Gasteiger partial charge >= 0.3 is 5.97 Å². The minimum absolute atomic E-state index is 0.255. The first-order valence-electron chi connectivity index (χ1n) is 6.92. The maximum absolute atomic E-state index is 12.6. The van der Waals surface area contributed by atoms with E-state index >= 15 is 0 Å². The Morgan fingerprint density at radius 3 is 2.76 bits per heavy atom. The van der Waals surface area contributed by atoms with E-state index in [0.717, 1.165) is 12.8 Å². The molecule has 1 aromatic rings. The van der Waals surface area contributed by atoms with E-state index in [1.54, 1.807) is 18.2 Å². The van der Waals surface area contributed by atoms with Gasteiger partial charge in [-0.15, -0.1) is 0 Å². The summed E-state index contributed by atoms with van der Waals surface area (Å²) in [6.07, 6.45) is 2.31. The number of carboxylic acids is 1. The van der Waals surface area contributed by atoms with Crippen molar-refractivity contribution < 1.29 is 14.7 Å². The number of hydrogen-bond acceptors (Lipinski definition) is 2. The summed E-state index contributed by atoms with van der Waals surface area (Å²) < 4.78 is 0.630. The first-order valence-corrected chi connectivity index (χ1v) is 8.10. The van der Waals surface area contributed by atoms with Gasteiger partial charge in [0.15, 0.2) is 0 Å². The Balaban J connectivity index is 2.24. The molecule has 1 N–H and O–H groups in total. The van der Waals surface area contributed by atoms with Crippen LogP contribution in [0.3, 0.4) is 0 Å². The number of halogens is 2. The summed E-state index contributed by atoms with van der Waals surface area (Å²) in [7, 11) is 0. The minimum Gasteiger partial charge on any atom is -0.480 e. The van der Waals surface area contributed by atoms with Crippen molar-refractivity contribution >= 4 is 39.4 Å². The Hall–Kier alpha value is -1.07. The lowest BCUT2D eigenvalue weighted by atomic mass is 9.88. The summed E-state index contributed by atoms with van der Waals surface area (Å²) >= 11 is 9.21. The maximum atomic E-state index is 12.6. The Morgan fingerprint density at radius 2 is 2.19 bits per heavy atom. The predicted octanol–water partition coefficient (Wildman–Crippen LogP) is 3.82. The van der Waals surface area contributed by atoms with Gasteiger partial charge in [0.25, 0.3) is 5.91 Å². The van der Waals surface area contributed by atoms with Gasteiger partial charge in [-0.1, -0.05) is 24.9 Å². The normalized spacial score (nSPS) is 22.1. The van der Waals surface area contributed by atoms with Crippen LogP contribution in [0.2, 0.25) is 5.02 Å². The number of likely N-dealkylation sites (tertiary alicyclic amines) is 1. The van der Waals surface area contributed by atoms with E-state index in [0.29, 0.717) is 33.9 Å². The third-order valence-corrected chi connectivity index (χ3v) is 5.21. The van der Waals surface area contributed by atoms with E-state index in [2.05, 4.69) is 22.9 Å². The molecular weight excluding hydrogens is 358 g/mol. The molecule has 0 spiro atoms. The summed E-state index contributed by atoms with van der Waals surface area (Å²) in [6, 6.07) is 4.15. The fraction of sp³-hybridized carbons (Fsp3) is 0.467. The number of carboxylic acid groups (broad SMARTS) is 1. The van der Waals surface area contributed by atoms with Gasteiger partial charge in [-0.05, 0) is 52.9 Å². The van der Waals surface area contributed by atoms with Crippen LogP contribution in [-0.2, 0) is 4.79 Å². The lowest BCUT2D eigenvalue weighted by Crippen LogP contribution is -2.50. The molecule has 0 aromatic heterocycles. The van der Waals surface area contributed by atoms with Crippen molar-refractivity contribution in [3.63, 3.8) is 0 Å². The molecule has 6 heteroatoms. The van der Waals surface area contributed by atoms with Crippen LogP contribution in [0, 0.1) is 5.92 Å². The average Bonchev–Trinajstić information content (AvgIpc) is 2.48. The molecule has 0 bridgehead atoms. The highest BCUT2D eigenvalue weighted by Gasteiger charge is 2.36. The lowest BCUT2D eigenvalue weighted by molar-refractivity contribution is -0.144. The van der Waals surface area contributed by atoms with E-state index < -0.39 is 12.0 Å². The second-order valence-electron chi connectivity index (χ2n) is 5.28. The highest BCUT2D eigenvalue weighted by atomic mass is 79.9. The van der Waals surface area contributed by atoms with Gasteiger partial charge in [-0.25, -0.2) is 4.79 Å². The largest absolute Gasteiger partial charge is 0.480 e. The maximum Gasteiger partial charge on any atom is 0.326 e. The molecule has 2 rings (SSSR count). The van der Waals surface area contributed by atoms with Crippen LogP contribution in [0.25, 0.3) is 0 Å². The van der Waals surface area contributed by atoms with Gasteiger partial charge in [0.05, 0.1) is 5.02 Å². The fourth-order valence-electron chi connectivity index (χ4n) is 2.68. The van der Waals surface area contributed by atoms with E-state index in [-0.39, 0.29) is 5.91 Å².